The van der Waals surface area contributed by atoms with Gasteiger partial charge in [-0.1, -0.05) is 55.5 Å². The van der Waals surface area contributed by atoms with Crippen LogP contribution in [0.1, 0.15) is 42.1 Å². The lowest BCUT2D eigenvalue weighted by atomic mass is 9.98. The van der Waals surface area contributed by atoms with Crippen molar-refractivity contribution in [2.45, 2.75) is 32.3 Å². The van der Waals surface area contributed by atoms with Crippen molar-refractivity contribution >= 4 is 17.8 Å². The minimum atomic E-state index is -1.01. The first-order chi connectivity index (χ1) is 12.5. The van der Waals surface area contributed by atoms with E-state index in [4.69, 9.17) is 4.74 Å². The minimum absolute atomic E-state index is 0.0169. The van der Waals surface area contributed by atoms with Crippen LogP contribution in [0.5, 0.6) is 0 Å². The van der Waals surface area contributed by atoms with Crippen molar-refractivity contribution in [1.29, 1.82) is 0 Å². The van der Waals surface area contributed by atoms with Crippen LogP contribution in [-0.4, -0.2) is 23.9 Å². The zero-order chi connectivity index (χ0) is 18.9. The molecule has 0 aliphatic carbocycles. The van der Waals surface area contributed by atoms with Gasteiger partial charge < -0.3 is 4.74 Å². The number of esters is 1. The van der Waals surface area contributed by atoms with Crippen molar-refractivity contribution < 1.29 is 19.1 Å². The Labute approximate surface area is 152 Å². The maximum atomic E-state index is 12.0. The monoisotopic (exact) mass is 354 g/mol. The first kappa shape index (κ1) is 19.2. The van der Waals surface area contributed by atoms with Crippen LogP contribution in [-0.2, 0) is 14.3 Å². The Kier molecular flexibility index (Phi) is 6.91. The normalized spacial score (nSPS) is 12.5. The van der Waals surface area contributed by atoms with E-state index in [9.17, 15) is 14.4 Å². The van der Waals surface area contributed by atoms with Gasteiger partial charge in [-0.2, -0.15) is 0 Å². The van der Waals surface area contributed by atoms with Crippen LogP contribution >= 0.6 is 0 Å². The highest BCUT2D eigenvalue weighted by Crippen LogP contribution is 2.19. The van der Waals surface area contributed by atoms with Crippen molar-refractivity contribution in [3.63, 3.8) is 0 Å². The van der Waals surface area contributed by atoms with Crippen LogP contribution in [0.3, 0.4) is 0 Å². The summed E-state index contributed by atoms with van der Waals surface area (Å²) in [7, 11) is 0. The third-order valence-corrected chi connectivity index (χ3v) is 3.85. The van der Waals surface area contributed by atoms with Crippen LogP contribution in [0.15, 0.2) is 60.7 Å². The molecule has 6 heteroatoms. The van der Waals surface area contributed by atoms with E-state index in [1.54, 1.807) is 30.3 Å². The Morgan fingerprint density at radius 3 is 2.08 bits per heavy atom. The molecule has 2 aromatic rings. The molecular formula is C20H22N2O4. The van der Waals surface area contributed by atoms with E-state index in [2.05, 4.69) is 10.9 Å². The van der Waals surface area contributed by atoms with Gasteiger partial charge in [0, 0.05) is 5.56 Å². The Morgan fingerprint density at radius 2 is 1.46 bits per heavy atom. The van der Waals surface area contributed by atoms with Gasteiger partial charge in [0.2, 0.25) is 0 Å². The van der Waals surface area contributed by atoms with E-state index in [0.717, 1.165) is 5.56 Å². The van der Waals surface area contributed by atoms with Crippen LogP contribution < -0.4 is 10.9 Å². The maximum absolute atomic E-state index is 12.0. The summed E-state index contributed by atoms with van der Waals surface area (Å²) >= 11 is 0. The molecule has 0 heterocycles. The number of nitrogens with one attached hydrogen (secondary N) is 2. The van der Waals surface area contributed by atoms with Gasteiger partial charge in [0.05, 0.1) is 6.42 Å². The zero-order valence-electron chi connectivity index (χ0n) is 14.8. The molecule has 6 nitrogen and oxygen atoms in total. The van der Waals surface area contributed by atoms with Crippen molar-refractivity contribution in [2.75, 3.05) is 0 Å². The molecule has 0 aliphatic heterocycles. The number of hydrogen-bond donors (Lipinski definition) is 2. The smallest absolute Gasteiger partial charge is 0.307 e. The Balaban J connectivity index is 1.77. The second kappa shape index (κ2) is 9.36. The highest BCUT2D eigenvalue weighted by molar-refractivity contribution is 5.95. The fourth-order valence-corrected chi connectivity index (χ4v) is 2.33. The topological polar surface area (TPSA) is 84.5 Å². The summed E-state index contributed by atoms with van der Waals surface area (Å²) in [4.78, 5) is 35.8. The van der Waals surface area contributed by atoms with Gasteiger partial charge >= 0.3 is 5.97 Å². The molecule has 2 atom stereocenters. The zero-order valence-corrected chi connectivity index (χ0v) is 14.8. The molecule has 0 radical (unpaired) electrons. The summed E-state index contributed by atoms with van der Waals surface area (Å²) in [5.74, 6) is -1.54. The molecule has 0 spiro atoms. The lowest BCUT2D eigenvalue weighted by molar-refractivity contribution is -0.155. The van der Waals surface area contributed by atoms with Gasteiger partial charge in [-0.25, -0.2) is 0 Å². The highest BCUT2D eigenvalue weighted by Gasteiger charge is 2.20. The molecule has 0 fully saturated rings. The summed E-state index contributed by atoms with van der Waals surface area (Å²) in [6, 6.07) is 18.1. The summed E-state index contributed by atoms with van der Waals surface area (Å²) in [5.41, 5.74) is 5.98. The quantitative estimate of drug-likeness (QED) is 0.617. The molecule has 0 saturated carbocycles. The van der Waals surface area contributed by atoms with Crippen molar-refractivity contribution in [3.8, 4) is 0 Å². The minimum Gasteiger partial charge on any atom is -0.452 e. The third-order valence-electron chi connectivity index (χ3n) is 3.85. The number of hydrazine groups is 1. The number of amides is 2. The summed E-state index contributed by atoms with van der Waals surface area (Å²) in [6.45, 7) is 3.37. The highest BCUT2D eigenvalue weighted by atomic mass is 16.5. The maximum Gasteiger partial charge on any atom is 0.307 e. The number of carbonyl (C=O) groups is 3. The largest absolute Gasteiger partial charge is 0.452 e. The van der Waals surface area contributed by atoms with E-state index in [1.165, 1.54) is 6.92 Å². The molecule has 0 bridgehead atoms. The average molecular weight is 354 g/mol. The Hall–Kier alpha value is -3.15. The van der Waals surface area contributed by atoms with Gasteiger partial charge in [0.1, 0.15) is 0 Å². The molecule has 2 amide bonds. The SMILES string of the molecule is C[C@H](OC(=O)C[C@@H](C)c1ccccc1)C(=O)NNC(=O)c1ccccc1. The average Bonchev–Trinajstić information content (AvgIpc) is 2.66. The first-order valence-electron chi connectivity index (χ1n) is 8.37. The molecule has 2 aromatic carbocycles. The Bertz CT molecular complexity index is 747. The molecule has 0 unspecified atom stereocenters. The van der Waals surface area contributed by atoms with Gasteiger partial charge in [-0.3, -0.25) is 25.2 Å². The van der Waals surface area contributed by atoms with Crippen molar-refractivity contribution in [3.05, 3.63) is 71.8 Å². The fourth-order valence-electron chi connectivity index (χ4n) is 2.33. The van der Waals surface area contributed by atoms with Crippen LogP contribution in [0, 0.1) is 0 Å². The Morgan fingerprint density at radius 1 is 0.885 bits per heavy atom. The second-order valence-electron chi connectivity index (χ2n) is 5.96. The predicted molar refractivity (Wildman–Crippen MR) is 97.1 cm³/mol. The molecule has 0 aromatic heterocycles. The molecule has 26 heavy (non-hydrogen) atoms. The number of hydrogen-bond acceptors (Lipinski definition) is 4. The number of rotatable bonds is 6. The van der Waals surface area contributed by atoms with Gasteiger partial charge in [0.25, 0.3) is 11.8 Å². The standard InChI is InChI=1S/C20H22N2O4/c1-14(16-9-5-3-6-10-16)13-18(23)26-15(2)19(24)21-22-20(25)17-11-7-4-8-12-17/h3-12,14-15H,13H2,1-2H3,(H,21,24)(H,22,25)/t14-,15+/m1/s1. The predicted octanol–water partition coefficient (Wildman–Crippen LogP) is 2.57. The van der Waals surface area contributed by atoms with E-state index < -0.39 is 23.9 Å². The number of ether oxygens (including phenoxy) is 1. The van der Waals surface area contributed by atoms with E-state index in [-0.39, 0.29) is 12.3 Å². The summed E-state index contributed by atoms with van der Waals surface area (Å²) in [5, 5.41) is 0. The van der Waals surface area contributed by atoms with Crippen molar-refractivity contribution in [1.82, 2.24) is 10.9 Å². The number of benzene rings is 2. The van der Waals surface area contributed by atoms with Gasteiger partial charge in [0.15, 0.2) is 6.10 Å². The van der Waals surface area contributed by atoms with E-state index >= 15 is 0 Å². The second-order valence-corrected chi connectivity index (χ2v) is 5.96. The van der Waals surface area contributed by atoms with E-state index in [0.29, 0.717) is 5.56 Å². The lowest BCUT2D eigenvalue weighted by Crippen LogP contribution is -2.46. The fraction of sp³-hybridized carbons (Fsp3) is 0.250. The molecule has 136 valence electrons. The molecule has 2 rings (SSSR count). The molecular weight excluding hydrogens is 332 g/mol. The molecule has 2 N–H and O–H groups in total. The summed E-state index contributed by atoms with van der Waals surface area (Å²) in [6.07, 6.45) is -0.848. The molecule has 0 aliphatic rings. The van der Waals surface area contributed by atoms with Crippen molar-refractivity contribution in [2.24, 2.45) is 0 Å². The summed E-state index contributed by atoms with van der Waals surface area (Å²) < 4.78 is 5.14. The van der Waals surface area contributed by atoms with Crippen LogP contribution in [0.2, 0.25) is 0 Å². The first-order valence-corrected chi connectivity index (χ1v) is 8.37. The number of carbonyl (C=O) groups excluding carboxylic acids is 3. The lowest BCUT2D eigenvalue weighted by Gasteiger charge is -2.16. The van der Waals surface area contributed by atoms with Crippen LogP contribution in [0.25, 0.3) is 0 Å². The van der Waals surface area contributed by atoms with Gasteiger partial charge in [-0.05, 0) is 30.5 Å². The molecule has 0 saturated heterocycles. The van der Waals surface area contributed by atoms with Crippen LogP contribution in [0.4, 0.5) is 0 Å². The van der Waals surface area contributed by atoms with Gasteiger partial charge in [-0.15, -0.1) is 0 Å². The van der Waals surface area contributed by atoms with E-state index in [1.807, 2.05) is 37.3 Å². The third kappa shape index (κ3) is 5.73.